The summed E-state index contributed by atoms with van der Waals surface area (Å²) in [6.07, 6.45) is 3.11. The van der Waals surface area contributed by atoms with Crippen LogP contribution in [0.1, 0.15) is 10.4 Å². The summed E-state index contributed by atoms with van der Waals surface area (Å²) in [5.74, 6) is -0.136. The molecule has 0 aliphatic heterocycles. The van der Waals surface area contributed by atoms with Crippen molar-refractivity contribution in [1.82, 2.24) is 4.98 Å². The summed E-state index contributed by atoms with van der Waals surface area (Å²) in [4.78, 5) is 15.0. The smallest absolute Gasteiger partial charge is 0.252 e. The summed E-state index contributed by atoms with van der Waals surface area (Å²) in [6.45, 7) is 4.05. The first-order valence-electron chi connectivity index (χ1n) is 4.05. The van der Waals surface area contributed by atoms with Gasteiger partial charge in [0, 0.05) is 6.54 Å². The molecule has 0 aromatic carbocycles. The van der Waals surface area contributed by atoms with Gasteiger partial charge in [-0.25, -0.2) is 4.98 Å². The zero-order valence-corrected chi connectivity index (χ0v) is 7.66. The number of nitrogen functional groups attached to an aromatic ring is 1. The van der Waals surface area contributed by atoms with Crippen molar-refractivity contribution in [1.29, 1.82) is 0 Å². The van der Waals surface area contributed by atoms with Crippen molar-refractivity contribution in [3.8, 4) is 0 Å². The van der Waals surface area contributed by atoms with Gasteiger partial charge in [-0.05, 0) is 6.07 Å². The molecule has 0 bridgehead atoms. The molecule has 1 rings (SSSR count). The normalized spacial score (nSPS) is 9.43. The first-order valence-corrected chi connectivity index (χ1v) is 4.05. The Morgan fingerprint density at radius 3 is 3.00 bits per heavy atom. The number of rotatable bonds is 4. The lowest BCUT2D eigenvalue weighted by Gasteiger charge is -2.07. The zero-order chi connectivity index (χ0) is 10.6. The number of aromatic nitrogens is 1. The molecule has 0 spiro atoms. The molecule has 14 heavy (non-hydrogen) atoms. The maximum atomic E-state index is 11.0. The SMILES string of the molecule is C=CCNc1ncc(N)cc1C(N)=O. The zero-order valence-electron chi connectivity index (χ0n) is 7.66. The predicted molar refractivity (Wildman–Crippen MR) is 55.9 cm³/mol. The number of nitrogens with one attached hydrogen (secondary N) is 1. The van der Waals surface area contributed by atoms with Gasteiger partial charge in [-0.3, -0.25) is 4.79 Å². The molecule has 74 valence electrons. The summed E-state index contributed by atoms with van der Waals surface area (Å²) in [6, 6.07) is 1.49. The molecule has 1 aromatic rings. The van der Waals surface area contributed by atoms with Gasteiger partial charge < -0.3 is 16.8 Å². The summed E-state index contributed by atoms with van der Waals surface area (Å²) >= 11 is 0. The fraction of sp³-hybridized carbons (Fsp3) is 0.111. The Morgan fingerprint density at radius 2 is 2.43 bits per heavy atom. The summed E-state index contributed by atoms with van der Waals surface area (Å²) in [5.41, 5.74) is 11.3. The Hall–Kier alpha value is -2.04. The van der Waals surface area contributed by atoms with E-state index in [9.17, 15) is 4.79 Å². The van der Waals surface area contributed by atoms with Crippen molar-refractivity contribution in [2.75, 3.05) is 17.6 Å². The van der Waals surface area contributed by atoms with Crippen molar-refractivity contribution in [2.45, 2.75) is 0 Å². The molecule has 5 heteroatoms. The fourth-order valence-electron chi connectivity index (χ4n) is 0.978. The van der Waals surface area contributed by atoms with E-state index in [0.29, 0.717) is 18.1 Å². The van der Waals surface area contributed by atoms with Crippen LogP contribution in [0, 0.1) is 0 Å². The van der Waals surface area contributed by atoms with Crippen LogP contribution in [0.3, 0.4) is 0 Å². The molecule has 0 fully saturated rings. The van der Waals surface area contributed by atoms with Gasteiger partial charge in [-0.15, -0.1) is 6.58 Å². The quantitative estimate of drug-likeness (QED) is 0.600. The van der Waals surface area contributed by atoms with Gasteiger partial charge in [-0.2, -0.15) is 0 Å². The number of hydrogen-bond acceptors (Lipinski definition) is 4. The number of carbonyl (C=O) groups is 1. The predicted octanol–water partition coefficient (Wildman–Crippen LogP) is 0.361. The van der Waals surface area contributed by atoms with Crippen LogP contribution in [0.5, 0.6) is 0 Å². The van der Waals surface area contributed by atoms with Crippen molar-refractivity contribution >= 4 is 17.4 Å². The second-order valence-corrected chi connectivity index (χ2v) is 2.70. The van der Waals surface area contributed by atoms with E-state index < -0.39 is 5.91 Å². The Kier molecular flexibility index (Phi) is 3.06. The average molecular weight is 192 g/mol. The van der Waals surface area contributed by atoms with Gasteiger partial charge in [0.2, 0.25) is 0 Å². The molecule has 1 heterocycles. The van der Waals surface area contributed by atoms with E-state index in [1.807, 2.05) is 0 Å². The third kappa shape index (κ3) is 2.22. The van der Waals surface area contributed by atoms with E-state index in [0.717, 1.165) is 0 Å². The summed E-state index contributed by atoms with van der Waals surface area (Å²) in [7, 11) is 0. The van der Waals surface area contributed by atoms with E-state index in [1.165, 1.54) is 12.3 Å². The highest BCUT2D eigenvalue weighted by Gasteiger charge is 2.08. The minimum Gasteiger partial charge on any atom is -0.397 e. The van der Waals surface area contributed by atoms with Crippen molar-refractivity contribution < 1.29 is 4.79 Å². The largest absolute Gasteiger partial charge is 0.397 e. The third-order valence-electron chi connectivity index (χ3n) is 1.59. The number of carbonyl (C=O) groups excluding carboxylic acids is 1. The number of primary amides is 1. The molecule has 1 aromatic heterocycles. The van der Waals surface area contributed by atoms with E-state index in [1.54, 1.807) is 6.08 Å². The molecule has 1 amide bonds. The maximum Gasteiger partial charge on any atom is 0.252 e. The van der Waals surface area contributed by atoms with Crippen LogP contribution < -0.4 is 16.8 Å². The highest BCUT2D eigenvalue weighted by molar-refractivity contribution is 5.98. The number of hydrogen-bond donors (Lipinski definition) is 3. The van der Waals surface area contributed by atoms with Gasteiger partial charge in [-0.1, -0.05) is 6.08 Å². The fourth-order valence-corrected chi connectivity index (χ4v) is 0.978. The lowest BCUT2D eigenvalue weighted by molar-refractivity contribution is 0.100. The number of nitrogens with zero attached hydrogens (tertiary/aromatic N) is 1. The second kappa shape index (κ2) is 4.27. The molecule has 0 saturated heterocycles. The van der Waals surface area contributed by atoms with Gasteiger partial charge in [0.1, 0.15) is 5.82 Å². The summed E-state index contributed by atoms with van der Waals surface area (Å²) < 4.78 is 0. The monoisotopic (exact) mass is 192 g/mol. The molecule has 0 unspecified atom stereocenters. The van der Waals surface area contributed by atoms with Crippen molar-refractivity contribution in [3.63, 3.8) is 0 Å². The van der Waals surface area contributed by atoms with Gasteiger partial charge in [0.05, 0.1) is 17.4 Å². The van der Waals surface area contributed by atoms with E-state index in [4.69, 9.17) is 11.5 Å². The lowest BCUT2D eigenvalue weighted by Crippen LogP contribution is -2.16. The van der Waals surface area contributed by atoms with Gasteiger partial charge >= 0.3 is 0 Å². The number of anilines is 2. The van der Waals surface area contributed by atoms with Crippen LogP contribution in [-0.2, 0) is 0 Å². The van der Waals surface area contributed by atoms with E-state index >= 15 is 0 Å². The lowest BCUT2D eigenvalue weighted by atomic mass is 10.2. The molecular weight excluding hydrogens is 180 g/mol. The van der Waals surface area contributed by atoms with Crippen LogP contribution in [-0.4, -0.2) is 17.4 Å². The Labute approximate surface area is 81.8 Å². The standard InChI is InChI=1S/C9H12N4O/c1-2-3-12-9-7(8(11)14)4-6(10)5-13-9/h2,4-5H,1,3,10H2,(H2,11,14)(H,12,13). The van der Waals surface area contributed by atoms with E-state index in [-0.39, 0.29) is 5.56 Å². The van der Waals surface area contributed by atoms with Gasteiger partial charge in [0.15, 0.2) is 0 Å². The molecule has 5 nitrogen and oxygen atoms in total. The minimum atomic E-state index is -0.559. The topological polar surface area (TPSA) is 94.0 Å². The molecule has 0 atom stereocenters. The minimum absolute atomic E-state index is 0.284. The van der Waals surface area contributed by atoms with Crippen LogP contribution in [0.4, 0.5) is 11.5 Å². The summed E-state index contributed by atoms with van der Waals surface area (Å²) in [5, 5.41) is 2.89. The molecule has 0 radical (unpaired) electrons. The number of nitrogens with two attached hydrogens (primary N) is 2. The highest BCUT2D eigenvalue weighted by atomic mass is 16.1. The number of pyridine rings is 1. The van der Waals surface area contributed by atoms with Crippen LogP contribution in [0.25, 0.3) is 0 Å². The van der Waals surface area contributed by atoms with E-state index in [2.05, 4.69) is 16.9 Å². The average Bonchev–Trinajstić information content (AvgIpc) is 2.15. The van der Waals surface area contributed by atoms with Crippen LogP contribution in [0.2, 0.25) is 0 Å². The first kappa shape index (κ1) is 10.0. The first-order chi connectivity index (χ1) is 6.65. The molecule has 5 N–H and O–H groups in total. The van der Waals surface area contributed by atoms with Crippen LogP contribution in [0.15, 0.2) is 24.9 Å². The molecule has 0 aliphatic carbocycles. The Bertz CT molecular complexity index is 362. The molecule has 0 aliphatic rings. The Morgan fingerprint density at radius 1 is 1.71 bits per heavy atom. The second-order valence-electron chi connectivity index (χ2n) is 2.70. The number of amides is 1. The molecule has 0 saturated carbocycles. The third-order valence-corrected chi connectivity index (χ3v) is 1.59. The van der Waals surface area contributed by atoms with Crippen molar-refractivity contribution in [2.24, 2.45) is 5.73 Å². The van der Waals surface area contributed by atoms with Gasteiger partial charge in [0.25, 0.3) is 5.91 Å². The maximum absolute atomic E-state index is 11.0. The Balaban J connectivity index is 3.01. The van der Waals surface area contributed by atoms with Crippen LogP contribution >= 0.6 is 0 Å². The van der Waals surface area contributed by atoms with Crippen molar-refractivity contribution in [3.05, 3.63) is 30.5 Å². The molecular formula is C9H12N4O. The highest BCUT2D eigenvalue weighted by Crippen LogP contribution is 2.14.